The Morgan fingerprint density at radius 1 is 0.870 bits per heavy atom. The third-order valence-corrected chi connectivity index (χ3v) is 4.95. The van der Waals surface area contributed by atoms with Crippen molar-refractivity contribution >= 4 is 11.8 Å². The molecule has 1 N–H and O–H groups in total. The Kier molecular flexibility index (Phi) is 7.66. The summed E-state index contributed by atoms with van der Waals surface area (Å²) in [5, 5.41) is 3.53. The fourth-order valence-electron chi connectivity index (χ4n) is 2.61. The zero-order chi connectivity index (χ0) is 16.5. The molecule has 2 aromatic carbocycles. The first-order chi connectivity index (χ1) is 11.3. The second-order valence-electron chi connectivity index (χ2n) is 5.63. The minimum Gasteiger partial charge on any atom is -0.311 e. The molecule has 0 unspecified atom stereocenters. The molecular formula is C20H28N2S. The van der Waals surface area contributed by atoms with E-state index in [9.17, 15) is 0 Å². The Hall–Kier alpha value is -1.29. The molecule has 2 nitrogen and oxygen atoms in total. The van der Waals surface area contributed by atoms with Crippen LogP contribution in [0.15, 0.2) is 53.4 Å². The zero-order valence-corrected chi connectivity index (χ0v) is 15.3. The van der Waals surface area contributed by atoms with Crippen molar-refractivity contribution < 1.29 is 0 Å². The normalized spacial score (nSPS) is 11.1. The van der Waals surface area contributed by atoms with Crippen molar-refractivity contribution in [2.24, 2.45) is 0 Å². The molecule has 23 heavy (non-hydrogen) atoms. The molecule has 0 bridgehead atoms. The number of hydrogen-bond acceptors (Lipinski definition) is 3. The molecule has 0 aliphatic heterocycles. The van der Waals surface area contributed by atoms with Crippen LogP contribution in [-0.4, -0.2) is 37.3 Å². The maximum absolute atomic E-state index is 3.53. The number of likely N-dealkylation sites (N-methyl/N-ethyl adjacent to an activating group) is 1. The smallest absolute Gasteiger partial charge is 0.0206 e. The van der Waals surface area contributed by atoms with Gasteiger partial charge in [-0.1, -0.05) is 50.2 Å². The van der Waals surface area contributed by atoms with Crippen LogP contribution in [0, 0.1) is 0 Å². The number of rotatable bonds is 9. The fourth-order valence-corrected chi connectivity index (χ4v) is 3.02. The van der Waals surface area contributed by atoms with Gasteiger partial charge in [0, 0.05) is 24.5 Å². The summed E-state index contributed by atoms with van der Waals surface area (Å²) in [4.78, 5) is 3.75. The minimum atomic E-state index is 0.937. The van der Waals surface area contributed by atoms with Gasteiger partial charge in [0.15, 0.2) is 0 Å². The second-order valence-corrected chi connectivity index (χ2v) is 6.51. The van der Waals surface area contributed by atoms with Gasteiger partial charge < -0.3 is 10.2 Å². The average molecular weight is 329 g/mol. The predicted octanol–water partition coefficient (Wildman–Crippen LogP) is 4.51. The maximum atomic E-state index is 3.53. The third kappa shape index (κ3) is 5.69. The van der Waals surface area contributed by atoms with Crippen LogP contribution in [0.4, 0.5) is 0 Å². The van der Waals surface area contributed by atoms with E-state index in [1.807, 2.05) is 0 Å². The van der Waals surface area contributed by atoms with E-state index in [4.69, 9.17) is 0 Å². The van der Waals surface area contributed by atoms with Gasteiger partial charge in [0.05, 0.1) is 0 Å². The topological polar surface area (TPSA) is 15.3 Å². The van der Waals surface area contributed by atoms with Crippen molar-refractivity contribution in [3.63, 3.8) is 0 Å². The Labute approximate surface area is 145 Å². The summed E-state index contributed by atoms with van der Waals surface area (Å²) in [6.45, 7) is 9.78. The standard InChI is InChI=1S/C20H28N2S/c1-4-22(5-2)15-14-21-16-17-6-8-18(9-7-17)19-10-12-20(23-3)13-11-19/h6-13,21H,4-5,14-16H2,1-3H3. The summed E-state index contributed by atoms with van der Waals surface area (Å²) in [6, 6.07) is 17.6. The van der Waals surface area contributed by atoms with Crippen molar-refractivity contribution in [1.82, 2.24) is 10.2 Å². The SMILES string of the molecule is CCN(CC)CCNCc1ccc(-c2ccc(SC)cc2)cc1. The molecule has 0 saturated heterocycles. The van der Waals surface area contributed by atoms with Crippen LogP contribution in [0.5, 0.6) is 0 Å². The highest BCUT2D eigenvalue weighted by atomic mass is 32.2. The van der Waals surface area contributed by atoms with E-state index in [0.717, 1.165) is 32.7 Å². The van der Waals surface area contributed by atoms with Crippen molar-refractivity contribution in [3.8, 4) is 11.1 Å². The van der Waals surface area contributed by atoms with Crippen LogP contribution < -0.4 is 5.32 Å². The van der Waals surface area contributed by atoms with E-state index in [1.54, 1.807) is 11.8 Å². The average Bonchev–Trinajstić information content (AvgIpc) is 2.62. The Morgan fingerprint density at radius 3 is 1.96 bits per heavy atom. The lowest BCUT2D eigenvalue weighted by Crippen LogP contribution is -2.31. The van der Waals surface area contributed by atoms with Crippen molar-refractivity contribution in [2.75, 3.05) is 32.4 Å². The van der Waals surface area contributed by atoms with Crippen LogP contribution in [0.25, 0.3) is 11.1 Å². The zero-order valence-electron chi connectivity index (χ0n) is 14.5. The molecule has 3 heteroatoms. The largest absolute Gasteiger partial charge is 0.311 e. The molecule has 0 amide bonds. The Bertz CT molecular complexity index is 559. The molecule has 0 saturated carbocycles. The number of benzene rings is 2. The molecule has 0 radical (unpaired) electrons. The molecule has 2 rings (SSSR count). The highest BCUT2D eigenvalue weighted by Crippen LogP contribution is 2.23. The lowest BCUT2D eigenvalue weighted by atomic mass is 10.0. The molecule has 0 aromatic heterocycles. The quantitative estimate of drug-likeness (QED) is 0.539. The van der Waals surface area contributed by atoms with E-state index in [1.165, 1.54) is 21.6 Å². The lowest BCUT2D eigenvalue weighted by molar-refractivity contribution is 0.302. The van der Waals surface area contributed by atoms with Crippen molar-refractivity contribution in [1.29, 1.82) is 0 Å². The van der Waals surface area contributed by atoms with Gasteiger partial charge in [-0.15, -0.1) is 11.8 Å². The number of nitrogens with zero attached hydrogens (tertiary/aromatic N) is 1. The van der Waals surface area contributed by atoms with E-state index in [-0.39, 0.29) is 0 Å². The van der Waals surface area contributed by atoms with Crippen molar-refractivity contribution in [3.05, 3.63) is 54.1 Å². The number of nitrogens with one attached hydrogen (secondary N) is 1. The van der Waals surface area contributed by atoms with Gasteiger partial charge in [-0.05, 0) is 48.2 Å². The van der Waals surface area contributed by atoms with Gasteiger partial charge in [0.25, 0.3) is 0 Å². The molecule has 0 aliphatic rings. The molecule has 2 aromatic rings. The van der Waals surface area contributed by atoms with Gasteiger partial charge in [-0.25, -0.2) is 0 Å². The molecule has 0 atom stereocenters. The number of hydrogen-bond donors (Lipinski definition) is 1. The predicted molar refractivity (Wildman–Crippen MR) is 103 cm³/mol. The van der Waals surface area contributed by atoms with E-state index in [2.05, 4.69) is 78.9 Å². The number of thioether (sulfide) groups is 1. The monoisotopic (exact) mass is 328 g/mol. The summed E-state index contributed by atoms with van der Waals surface area (Å²) in [5.41, 5.74) is 3.91. The molecule has 0 spiro atoms. The lowest BCUT2D eigenvalue weighted by Gasteiger charge is -2.18. The van der Waals surface area contributed by atoms with Crippen molar-refractivity contribution in [2.45, 2.75) is 25.3 Å². The molecule has 0 heterocycles. The highest BCUT2D eigenvalue weighted by Gasteiger charge is 2.00. The first kappa shape index (κ1) is 18.1. The van der Waals surface area contributed by atoms with Gasteiger partial charge >= 0.3 is 0 Å². The van der Waals surface area contributed by atoms with Crippen LogP contribution in [-0.2, 0) is 6.54 Å². The first-order valence-corrected chi connectivity index (χ1v) is 9.65. The molecule has 0 fully saturated rings. The van der Waals surface area contributed by atoms with Gasteiger partial charge in [-0.2, -0.15) is 0 Å². The van der Waals surface area contributed by atoms with Crippen LogP contribution in [0.1, 0.15) is 19.4 Å². The van der Waals surface area contributed by atoms with Gasteiger partial charge in [0.2, 0.25) is 0 Å². The summed E-state index contributed by atoms with van der Waals surface area (Å²) in [5.74, 6) is 0. The van der Waals surface area contributed by atoms with Crippen LogP contribution in [0.3, 0.4) is 0 Å². The van der Waals surface area contributed by atoms with Gasteiger partial charge in [0.1, 0.15) is 0 Å². The minimum absolute atomic E-state index is 0.937. The molecule has 0 aliphatic carbocycles. The van der Waals surface area contributed by atoms with Gasteiger partial charge in [-0.3, -0.25) is 0 Å². The summed E-state index contributed by atoms with van der Waals surface area (Å²) in [6.07, 6.45) is 2.11. The van der Waals surface area contributed by atoms with E-state index >= 15 is 0 Å². The third-order valence-electron chi connectivity index (χ3n) is 4.21. The molecular weight excluding hydrogens is 300 g/mol. The highest BCUT2D eigenvalue weighted by molar-refractivity contribution is 7.98. The first-order valence-electron chi connectivity index (χ1n) is 8.43. The summed E-state index contributed by atoms with van der Waals surface area (Å²) in [7, 11) is 0. The summed E-state index contributed by atoms with van der Waals surface area (Å²) < 4.78 is 0. The van der Waals surface area contributed by atoms with E-state index in [0.29, 0.717) is 0 Å². The Morgan fingerprint density at radius 2 is 1.43 bits per heavy atom. The molecule has 124 valence electrons. The summed E-state index contributed by atoms with van der Waals surface area (Å²) >= 11 is 1.78. The van der Waals surface area contributed by atoms with Crippen LogP contribution in [0.2, 0.25) is 0 Å². The Balaban J connectivity index is 1.84. The fraction of sp³-hybridized carbons (Fsp3) is 0.400. The van der Waals surface area contributed by atoms with Crippen LogP contribution >= 0.6 is 11.8 Å². The van der Waals surface area contributed by atoms with E-state index < -0.39 is 0 Å². The maximum Gasteiger partial charge on any atom is 0.0206 e. The second kappa shape index (κ2) is 9.76.